The van der Waals surface area contributed by atoms with Crippen molar-refractivity contribution >= 4 is 32.6 Å². The van der Waals surface area contributed by atoms with Crippen LogP contribution >= 0.6 is 0 Å². The van der Waals surface area contributed by atoms with Crippen LogP contribution in [0.25, 0.3) is 44.0 Å². The number of nitrogens with zero attached hydrogens (tertiary/aromatic N) is 2. The van der Waals surface area contributed by atoms with Gasteiger partial charge in [-0.05, 0) is 67.1 Å². The van der Waals surface area contributed by atoms with Crippen LogP contribution < -0.4 is 4.74 Å². The van der Waals surface area contributed by atoms with Crippen molar-refractivity contribution in [2.45, 2.75) is 71.8 Å². The Hall–Kier alpha value is -3.49. The van der Waals surface area contributed by atoms with E-state index in [0.29, 0.717) is 0 Å². The van der Waals surface area contributed by atoms with E-state index in [1.54, 1.807) is 0 Å². The minimum Gasteiger partial charge on any atom is -0.494 e. The predicted octanol–water partition coefficient (Wildman–Crippen LogP) is 9.62. The smallest absolute Gasteiger partial charge is 0.141 e. The first-order valence-corrected chi connectivity index (χ1v) is 18.9. The Morgan fingerprint density at radius 2 is 1.12 bits per heavy atom. The second kappa shape index (κ2) is 16.2. The molecule has 5 aromatic rings. The van der Waals surface area contributed by atoms with Crippen LogP contribution in [0.2, 0.25) is 0 Å². The summed E-state index contributed by atoms with van der Waals surface area (Å²) in [5, 5.41) is 5.00. The number of aromatic nitrogens is 2. The maximum Gasteiger partial charge on any atom is 0.141 e. The minimum absolute atomic E-state index is 0.218. The number of aryl methyl sites for hydroxylation is 1. The molecule has 0 aliphatic carbocycles. The fraction of sp³-hybridized carbons (Fsp3) is 0.512. The molecule has 2 saturated heterocycles. The molecule has 7 rings (SSSR count). The molecule has 0 atom stereocenters. The van der Waals surface area contributed by atoms with Crippen molar-refractivity contribution in [2.24, 2.45) is 10.8 Å². The van der Waals surface area contributed by atoms with Gasteiger partial charge in [0.15, 0.2) is 0 Å². The van der Waals surface area contributed by atoms with Gasteiger partial charge in [0.1, 0.15) is 11.6 Å². The first-order chi connectivity index (χ1) is 24.5. The molecule has 2 fully saturated rings. The van der Waals surface area contributed by atoms with E-state index >= 15 is 0 Å². The van der Waals surface area contributed by atoms with Gasteiger partial charge in [-0.3, -0.25) is 0 Å². The fourth-order valence-electron chi connectivity index (χ4n) is 7.28. The number of ether oxygens (including phenoxy) is 5. The zero-order chi connectivity index (χ0) is 34.2. The second-order valence-electron chi connectivity index (χ2n) is 15.3. The van der Waals surface area contributed by atoms with Crippen LogP contribution in [-0.4, -0.2) is 69.0 Å². The van der Waals surface area contributed by atoms with Crippen LogP contribution in [-0.2, 0) is 25.5 Å². The van der Waals surface area contributed by atoms with E-state index in [-0.39, 0.29) is 10.8 Å². The van der Waals surface area contributed by atoms with Gasteiger partial charge in [-0.1, -0.05) is 81.6 Å². The van der Waals surface area contributed by atoms with E-state index in [4.69, 9.17) is 28.7 Å². The van der Waals surface area contributed by atoms with Crippen molar-refractivity contribution < 1.29 is 23.7 Å². The summed E-state index contributed by atoms with van der Waals surface area (Å²) >= 11 is 0. The van der Waals surface area contributed by atoms with Crippen molar-refractivity contribution in [3.63, 3.8) is 0 Å². The molecule has 2 aliphatic heterocycles. The van der Waals surface area contributed by atoms with E-state index in [1.807, 2.05) is 0 Å². The van der Waals surface area contributed by atoms with E-state index < -0.39 is 0 Å². The van der Waals surface area contributed by atoms with Crippen LogP contribution in [0.5, 0.6) is 5.75 Å². The van der Waals surface area contributed by atoms with Crippen molar-refractivity contribution in [2.75, 3.05) is 59.5 Å². The lowest BCUT2D eigenvalue weighted by Crippen LogP contribution is -2.43. The first-order valence-electron chi connectivity index (χ1n) is 18.9. The van der Waals surface area contributed by atoms with Crippen LogP contribution in [0.4, 0.5) is 0 Å². The van der Waals surface area contributed by atoms with Gasteiger partial charge in [-0.2, -0.15) is 0 Å². The Balaban J connectivity index is 0.986. The maximum absolute atomic E-state index is 6.16. The summed E-state index contributed by atoms with van der Waals surface area (Å²) < 4.78 is 31.1. The van der Waals surface area contributed by atoms with E-state index in [2.05, 4.69) is 91.2 Å². The zero-order valence-corrected chi connectivity index (χ0v) is 30.1. The Bertz CT molecular complexity index is 1840. The van der Waals surface area contributed by atoms with Gasteiger partial charge in [0.2, 0.25) is 0 Å². The molecule has 3 heterocycles. The molecular formula is C43H54N2O5. The lowest BCUT2D eigenvalue weighted by atomic mass is 9.90. The molecule has 7 nitrogen and oxygen atoms in total. The second-order valence-corrected chi connectivity index (χ2v) is 15.3. The van der Waals surface area contributed by atoms with Gasteiger partial charge >= 0.3 is 0 Å². The molecule has 2 aliphatic rings. The SMILES string of the molecule is CC1(COCCCCCCOc2ccc(-c3nc4c5ccccc5c5ccccc5c4n3CCCCCCOCC3(C)COC3)cc2)COC1. The molecule has 0 unspecified atom stereocenters. The lowest BCUT2D eigenvalue weighted by molar-refractivity contribution is -0.137. The highest BCUT2D eigenvalue weighted by Crippen LogP contribution is 2.38. The van der Waals surface area contributed by atoms with Crippen LogP contribution in [0.3, 0.4) is 0 Å². The van der Waals surface area contributed by atoms with Crippen molar-refractivity contribution in [1.29, 1.82) is 0 Å². The molecule has 266 valence electrons. The van der Waals surface area contributed by atoms with Gasteiger partial charge in [-0.15, -0.1) is 0 Å². The highest BCUT2D eigenvalue weighted by atomic mass is 16.5. The summed E-state index contributed by atoms with van der Waals surface area (Å²) in [5.74, 6) is 1.93. The van der Waals surface area contributed by atoms with Gasteiger partial charge in [0, 0.05) is 46.9 Å². The summed E-state index contributed by atoms with van der Waals surface area (Å²) in [4.78, 5) is 5.38. The Morgan fingerprint density at radius 3 is 1.70 bits per heavy atom. The number of fused-ring (bicyclic) bond motifs is 6. The highest BCUT2D eigenvalue weighted by molar-refractivity contribution is 6.23. The molecule has 1 aromatic heterocycles. The van der Waals surface area contributed by atoms with E-state index in [9.17, 15) is 0 Å². The number of unbranched alkanes of at least 4 members (excludes halogenated alkanes) is 6. The average molecular weight is 679 g/mol. The van der Waals surface area contributed by atoms with Crippen molar-refractivity contribution in [3.05, 3.63) is 72.8 Å². The Kier molecular flexibility index (Phi) is 11.3. The average Bonchev–Trinajstić information content (AvgIpc) is 3.50. The molecule has 4 aromatic carbocycles. The molecule has 0 bridgehead atoms. The molecule has 0 spiro atoms. The third-order valence-corrected chi connectivity index (χ3v) is 10.3. The topological polar surface area (TPSA) is 64.0 Å². The molecular weight excluding hydrogens is 624 g/mol. The number of hydrogen-bond donors (Lipinski definition) is 0. The highest BCUT2D eigenvalue weighted by Gasteiger charge is 2.34. The number of imidazole rings is 1. The van der Waals surface area contributed by atoms with Crippen LogP contribution in [0.1, 0.15) is 65.2 Å². The van der Waals surface area contributed by atoms with Gasteiger partial charge in [0.05, 0.1) is 57.3 Å². The molecule has 0 radical (unpaired) electrons. The van der Waals surface area contributed by atoms with Crippen LogP contribution in [0.15, 0.2) is 72.8 Å². The lowest BCUT2D eigenvalue weighted by Gasteiger charge is -2.37. The number of benzene rings is 4. The van der Waals surface area contributed by atoms with Crippen molar-refractivity contribution in [3.8, 4) is 17.1 Å². The molecule has 50 heavy (non-hydrogen) atoms. The summed E-state index contributed by atoms with van der Waals surface area (Å²) in [7, 11) is 0. The summed E-state index contributed by atoms with van der Waals surface area (Å²) in [6.45, 7) is 12.7. The third kappa shape index (κ3) is 8.18. The maximum atomic E-state index is 6.16. The monoisotopic (exact) mass is 678 g/mol. The van der Waals surface area contributed by atoms with Gasteiger partial charge < -0.3 is 28.3 Å². The first kappa shape index (κ1) is 34.9. The number of rotatable bonds is 20. The third-order valence-electron chi connectivity index (χ3n) is 10.3. The summed E-state index contributed by atoms with van der Waals surface area (Å²) in [5.41, 5.74) is 3.87. The quantitative estimate of drug-likeness (QED) is 0.0604. The fourth-order valence-corrected chi connectivity index (χ4v) is 7.28. The molecule has 0 amide bonds. The van der Waals surface area contributed by atoms with Gasteiger partial charge in [-0.25, -0.2) is 4.98 Å². The number of hydrogen-bond acceptors (Lipinski definition) is 6. The molecule has 0 N–H and O–H groups in total. The largest absolute Gasteiger partial charge is 0.494 e. The van der Waals surface area contributed by atoms with Gasteiger partial charge in [0.25, 0.3) is 0 Å². The normalized spacial score (nSPS) is 16.5. The Labute approximate surface area is 297 Å². The predicted molar refractivity (Wildman–Crippen MR) is 202 cm³/mol. The zero-order valence-electron chi connectivity index (χ0n) is 30.1. The van der Waals surface area contributed by atoms with E-state index in [1.165, 1.54) is 27.1 Å². The standard InChI is InChI=1S/C43H54N2O5/c1-42(29-48-30-42)27-46-24-12-4-3-11-23-45-40-38-18-10-8-16-36(38)35-15-7-9-17-37(35)39(40)44-41(45)33-19-21-34(22-20-33)50-26-14-6-5-13-25-47-28-43(2)31-49-32-43/h7-10,15-22H,3-6,11-14,23-32H2,1-2H3. The summed E-state index contributed by atoms with van der Waals surface area (Å²) in [6.07, 6.45) is 8.95. The Morgan fingerprint density at radius 1 is 0.600 bits per heavy atom. The van der Waals surface area contributed by atoms with Crippen LogP contribution in [0, 0.1) is 10.8 Å². The molecule has 0 saturated carbocycles. The minimum atomic E-state index is 0.218. The van der Waals surface area contributed by atoms with E-state index in [0.717, 1.165) is 140 Å². The molecule has 7 heteroatoms. The van der Waals surface area contributed by atoms with Crippen molar-refractivity contribution in [1.82, 2.24) is 9.55 Å². The summed E-state index contributed by atoms with van der Waals surface area (Å²) in [6, 6.07) is 26.0.